The Kier molecular flexibility index (Phi) is 3.90. The van der Waals surface area contributed by atoms with Crippen LogP contribution in [0, 0.1) is 0 Å². The molecule has 2 rings (SSSR count). The minimum Gasteiger partial charge on any atom is -0.494 e. The summed E-state index contributed by atoms with van der Waals surface area (Å²) in [7, 11) is 0. The van der Waals surface area contributed by atoms with Gasteiger partial charge in [0, 0.05) is 16.5 Å². The van der Waals surface area contributed by atoms with Gasteiger partial charge in [-0.05, 0) is 26.0 Å². The van der Waals surface area contributed by atoms with E-state index in [4.69, 9.17) is 9.47 Å². The molecule has 1 N–H and O–H groups in total. The molecule has 0 amide bonds. The van der Waals surface area contributed by atoms with E-state index < -0.39 is 0 Å². The van der Waals surface area contributed by atoms with E-state index >= 15 is 0 Å². The molecule has 0 saturated carbocycles. The van der Waals surface area contributed by atoms with Crippen LogP contribution in [0.2, 0.25) is 0 Å². The third-order valence-corrected chi connectivity index (χ3v) is 2.78. The van der Waals surface area contributed by atoms with Crippen LogP contribution >= 0.6 is 0 Å². The van der Waals surface area contributed by atoms with Gasteiger partial charge in [0.1, 0.15) is 11.5 Å². The topological polar surface area (TPSA) is 51.3 Å². The number of fused-ring (bicyclic) bond motifs is 1. The summed E-state index contributed by atoms with van der Waals surface area (Å²) < 4.78 is 10.4. The molecule has 2 aromatic rings. The van der Waals surface area contributed by atoms with Crippen LogP contribution in [0.1, 0.15) is 29.9 Å². The van der Waals surface area contributed by atoms with E-state index in [1.807, 2.05) is 25.1 Å². The Morgan fingerprint density at radius 1 is 1.26 bits per heavy atom. The average Bonchev–Trinajstić information content (AvgIpc) is 2.82. The predicted octanol–water partition coefficient (Wildman–Crippen LogP) is 3.35. The highest BCUT2D eigenvalue weighted by Gasteiger charge is 2.13. The average molecular weight is 259 g/mol. The van der Waals surface area contributed by atoms with Crippen molar-refractivity contribution < 1.29 is 14.3 Å². The Morgan fingerprint density at radius 3 is 2.68 bits per heavy atom. The van der Waals surface area contributed by atoms with Crippen LogP contribution in [0.25, 0.3) is 16.7 Å². The monoisotopic (exact) mass is 259 g/mol. The number of aromatic amines is 1. The first-order chi connectivity index (χ1) is 9.17. The highest BCUT2D eigenvalue weighted by molar-refractivity contribution is 5.98. The summed E-state index contributed by atoms with van der Waals surface area (Å²) in [5.74, 6) is 0.245. The van der Waals surface area contributed by atoms with Gasteiger partial charge in [0.2, 0.25) is 0 Å². The summed E-state index contributed by atoms with van der Waals surface area (Å²) >= 11 is 0. The Balaban J connectivity index is 2.45. The van der Waals surface area contributed by atoms with Crippen molar-refractivity contribution in [3.8, 4) is 0 Å². The zero-order valence-electron chi connectivity index (χ0n) is 11.2. The van der Waals surface area contributed by atoms with Crippen molar-refractivity contribution in [3.63, 3.8) is 0 Å². The van der Waals surface area contributed by atoms with Crippen LogP contribution in [0.4, 0.5) is 0 Å². The van der Waals surface area contributed by atoms with Crippen molar-refractivity contribution in [3.05, 3.63) is 42.1 Å². The summed E-state index contributed by atoms with van der Waals surface area (Å²) in [6, 6.07) is 7.49. The van der Waals surface area contributed by atoms with Gasteiger partial charge >= 0.3 is 5.97 Å². The van der Waals surface area contributed by atoms with E-state index in [2.05, 4.69) is 11.6 Å². The molecular weight excluding hydrogens is 242 g/mol. The molecule has 4 heteroatoms. The van der Waals surface area contributed by atoms with Gasteiger partial charge in [-0.3, -0.25) is 0 Å². The van der Waals surface area contributed by atoms with Gasteiger partial charge in [0.05, 0.1) is 13.2 Å². The summed E-state index contributed by atoms with van der Waals surface area (Å²) in [6.07, 6.45) is 0. The fraction of sp³-hybridized carbons (Fsp3) is 0.267. The van der Waals surface area contributed by atoms with Gasteiger partial charge in [-0.25, -0.2) is 4.79 Å². The predicted molar refractivity (Wildman–Crippen MR) is 74.9 cm³/mol. The maximum absolute atomic E-state index is 11.7. The molecular formula is C15H17NO3. The number of hydrogen-bond donors (Lipinski definition) is 1. The molecule has 0 atom stereocenters. The van der Waals surface area contributed by atoms with Crippen molar-refractivity contribution in [2.75, 3.05) is 13.2 Å². The van der Waals surface area contributed by atoms with E-state index in [1.54, 1.807) is 13.0 Å². The van der Waals surface area contributed by atoms with Crippen LogP contribution in [0.15, 0.2) is 30.8 Å². The Labute approximate surface area is 112 Å². The quantitative estimate of drug-likeness (QED) is 0.661. The highest BCUT2D eigenvalue weighted by Crippen LogP contribution is 2.26. The van der Waals surface area contributed by atoms with Gasteiger partial charge < -0.3 is 14.5 Å². The van der Waals surface area contributed by atoms with E-state index in [0.29, 0.717) is 24.7 Å². The Hall–Kier alpha value is -2.23. The molecule has 0 fully saturated rings. The lowest BCUT2D eigenvalue weighted by Crippen LogP contribution is -2.04. The molecule has 19 heavy (non-hydrogen) atoms. The number of H-pyrrole nitrogens is 1. The summed E-state index contributed by atoms with van der Waals surface area (Å²) in [5, 5.41) is 0.906. The maximum Gasteiger partial charge on any atom is 0.354 e. The molecule has 0 radical (unpaired) electrons. The molecule has 1 heterocycles. The molecule has 0 unspecified atom stereocenters. The van der Waals surface area contributed by atoms with Gasteiger partial charge in [0.15, 0.2) is 0 Å². The van der Waals surface area contributed by atoms with Crippen molar-refractivity contribution in [2.24, 2.45) is 0 Å². The molecule has 1 aromatic heterocycles. The molecule has 0 saturated heterocycles. The standard InChI is InChI=1S/C15H17NO3/c1-4-18-10(3)11-7-6-8-13-12(11)9-14(16-13)15(17)19-5-2/h6-9,16H,3-5H2,1-2H3. The second-order valence-electron chi connectivity index (χ2n) is 4.03. The first-order valence-corrected chi connectivity index (χ1v) is 6.28. The molecule has 0 bridgehead atoms. The smallest absolute Gasteiger partial charge is 0.354 e. The highest BCUT2D eigenvalue weighted by atomic mass is 16.5. The van der Waals surface area contributed by atoms with E-state index in [1.165, 1.54) is 0 Å². The number of ether oxygens (including phenoxy) is 2. The first-order valence-electron chi connectivity index (χ1n) is 6.28. The molecule has 100 valence electrons. The van der Waals surface area contributed by atoms with Crippen molar-refractivity contribution in [1.29, 1.82) is 0 Å². The van der Waals surface area contributed by atoms with Gasteiger partial charge in [0.25, 0.3) is 0 Å². The van der Waals surface area contributed by atoms with Crippen molar-refractivity contribution in [1.82, 2.24) is 4.98 Å². The summed E-state index contributed by atoms with van der Waals surface area (Å²) in [4.78, 5) is 14.8. The Morgan fingerprint density at radius 2 is 2.00 bits per heavy atom. The number of benzene rings is 1. The van der Waals surface area contributed by atoms with Gasteiger partial charge in [-0.15, -0.1) is 0 Å². The zero-order valence-corrected chi connectivity index (χ0v) is 11.2. The van der Waals surface area contributed by atoms with Crippen molar-refractivity contribution >= 4 is 22.6 Å². The third-order valence-electron chi connectivity index (χ3n) is 2.78. The molecule has 4 nitrogen and oxygen atoms in total. The molecule has 0 aliphatic carbocycles. The number of carbonyl (C=O) groups excluding carboxylic acids is 1. The van der Waals surface area contributed by atoms with Crippen LogP contribution in [0.3, 0.4) is 0 Å². The van der Waals surface area contributed by atoms with Crippen LogP contribution in [0.5, 0.6) is 0 Å². The third kappa shape index (κ3) is 2.62. The molecule has 0 spiro atoms. The normalized spacial score (nSPS) is 10.4. The van der Waals surface area contributed by atoms with Gasteiger partial charge in [-0.1, -0.05) is 18.7 Å². The first kappa shape index (κ1) is 13.2. The zero-order chi connectivity index (χ0) is 13.8. The number of carbonyl (C=O) groups is 1. The lowest BCUT2D eigenvalue weighted by Gasteiger charge is -2.07. The number of esters is 1. The molecule has 0 aliphatic heterocycles. The van der Waals surface area contributed by atoms with E-state index in [-0.39, 0.29) is 5.97 Å². The number of rotatable bonds is 5. The van der Waals surface area contributed by atoms with Gasteiger partial charge in [-0.2, -0.15) is 0 Å². The number of aromatic nitrogens is 1. The summed E-state index contributed by atoms with van der Waals surface area (Å²) in [6.45, 7) is 8.51. The van der Waals surface area contributed by atoms with E-state index in [0.717, 1.165) is 16.5 Å². The van der Waals surface area contributed by atoms with Crippen LogP contribution in [-0.2, 0) is 9.47 Å². The minimum atomic E-state index is -0.355. The van der Waals surface area contributed by atoms with Crippen LogP contribution < -0.4 is 0 Å². The second-order valence-corrected chi connectivity index (χ2v) is 4.03. The molecule has 0 aliphatic rings. The fourth-order valence-electron chi connectivity index (χ4n) is 1.97. The SMILES string of the molecule is C=C(OCC)c1cccc2[nH]c(C(=O)OCC)cc12. The summed E-state index contributed by atoms with van der Waals surface area (Å²) in [5.41, 5.74) is 2.18. The second kappa shape index (κ2) is 5.61. The fourth-order valence-corrected chi connectivity index (χ4v) is 1.97. The minimum absolute atomic E-state index is 0.354. The van der Waals surface area contributed by atoms with E-state index in [9.17, 15) is 4.79 Å². The lowest BCUT2D eigenvalue weighted by molar-refractivity contribution is 0.0520. The largest absolute Gasteiger partial charge is 0.494 e. The number of nitrogens with one attached hydrogen (secondary N) is 1. The lowest BCUT2D eigenvalue weighted by atomic mass is 10.1. The maximum atomic E-state index is 11.7. The molecule has 1 aromatic carbocycles. The van der Waals surface area contributed by atoms with Crippen LogP contribution in [-0.4, -0.2) is 24.2 Å². The van der Waals surface area contributed by atoms with Crippen molar-refractivity contribution in [2.45, 2.75) is 13.8 Å². The Bertz CT molecular complexity index is 613. The number of hydrogen-bond acceptors (Lipinski definition) is 3.